The number of piperazine rings is 1. The van der Waals surface area contributed by atoms with Gasteiger partial charge >= 0.3 is 11.7 Å². The number of rotatable bonds is 2. The lowest BCUT2D eigenvalue weighted by molar-refractivity contribution is -0.383. The summed E-state index contributed by atoms with van der Waals surface area (Å²) in [6.45, 7) is 2.27. The average molecular weight is 277 g/mol. The van der Waals surface area contributed by atoms with Gasteiger partial charge in [-0.25, -0.2) is 4.79 Å². The quantitative estimate of drug-likeness (QED) is 0.462. The summed E-state index contributed by atoms with van der Waals surface area (Å²) < 4.78 is 0. The zero-order chi connectivity index (χ0) is 14.3. The molecule has 2 saturated heterocycles. The number of nitro benzene ring substituents is 1. The van der Waals surface area contributed by atoms with E-state index >= 15 is 0 Å². The van der Waals surface area contributed by atoms with E-state index in [1.54, 1.807) is 17.0 Å². The first-order valence-electron chi connectivity index (χ1n) is 6.40. The molecule has 2 aliphatic rings. The Balaban J connectivity index is 1.89. The van der Waals surface area contributed by atoms with E-state index in [4.69, 9.17) is 5.73 Å². The Kier molecular flexibility index (Phi) is 2.85. The highest BCUT2D eigenvalue weighted by molar-refractivity contribution is 5.79. The molecule has 1 atom stereocenters. The highest BCUT2D eigenvalue weighted by atomic mass is 16.6. The van der Waals surface area contributed by atoms with Crippen molar-refractivity contribution in [2.24, 2.45) is 0 Å². The van der Waals surface area contributed by atoms with Crippen molar-refractivity contribution >= 4 is 23.1 Å². The number of hydrogen-bond donors (Lipinski definition) is 2. The van der Waals surface area contributed by atoms with E-state index in [-0.39, 0.29) is 23.4 Å². The van der Waals surface area contributed by atoms with Crippen molar-refractivity contribution in [1.29, 1.82) is 0 Å². The molecule has 0 spiro atoms. The largest absolute Gasteiger partial charge is 0.393 e. The van der Waals surface area contributed by atoms with Crippen LogP contribution in [0.2, 0.25) is 0 Å². The van der Waals surface area contributed by atoms with Crippen LogP contribution in [-0.2, 0) is 0 Å². The van der Waals surface area contributed by atoms with Crippen LogP contribution >= 0.6 is 0 Å². The molecule has 1 aromatic carbocycles. The Morgan fingerprint density at radius 2 is 2.20 bits per heavy atom. The third-order valence-electron chi connectivity index (χ3n) is 3.80. The van der Waals surface area contributed by atoms with Crippen molar-refractivity contribution in [3.63, 3.8) is 0 Å². The molecule has 8 heteroatoms. The monoisotopic (exact) mass is 277 g/mol. The molecule has 106 valence electrons. The van der Waals surface area contributed by atoms with E-state index in [9.17, 15) is 14.9 Å². The summed E-state index contributed by atoms with van der Waals surface area (Å²) in [5, 5.41) is 14.0. The van der Waals surface area contributed by atoms with Gasteiger partial charge in [-0.3, -0.25) is 10.1 Å². The predicted octanol–water partition coefficient (Wildman–Crippen LogP) is 0.391. The van der Waals surface area contributed by atoms with E-state index in [2.05, 4.69) is 5.32 Å². The first-order chi connectivity index (χ1) is 9.58. The molecular formula is C12H15N5O3. The first kappa shape index (κ1) is 12.5. The summed E-state index contributed by atoms with van der Waals surface area (Å²) in [6, 6.07) is 4.93. The molecule has 0 saturated carbocycles. The maximum atomic E-state index is 11.5. The molecule has 8 nitrogen and oxygen atoms in total. The molecule has 2 fully saturated rings. The van der Waals surface area contributed by atoms with Gasteiger partial charge in [0.15, 0.2) is 0 Å². The maximum absolute atomic E-state index is 11.5. The predicted molar refractivity (Wildman–Crippen MR) is 73.6 cm³/mol. The van der Waals surface area contributed by atoms with Crippen LogP contribution in [0.1, 0.15) is 0 Å². The standard InChI is InChI=1S/C12H15N5O3/c13-9-2-1-3-10(11(9)17(19)20)15-4-5-16-8(7-15)6-14-12(16)18/h1-3,8H,4-7,13H2,(H,14,18). The van der Waals surface area contributed by atoms with Crippen molar-refractivity contribution in [3.05, 3.63) is 28.3 Å². The van der Waals surface area contributed by atoms with Crippen molar-refractivity contribution in [3.8, 4) is 0 Å². The van der Waals surface area contributed by atoms with E-state index in [0.29, 0.717) is 31.9 Å². The number of anilines is 2. The van der Waals surface area contributed by atoms with Gasteiger partial charge in [0, 0.05) is 26.2 Å². The Morgan fingerprint density at radius 1 is 1.40 bits per heavy atom. The molecule has 1 unspecified atom stereocenters. The molecule has 0 aromatic heterocycles. The van der Waals surface area contributed by atoms with Gasteiger partial charge in [0.25, 0.3) is 0 Å². The fourth-order valence-electron chi connectivity index (χ4n) is 2.83. The van der Waals surface area contributed by atoms with E-state index in [1.165, 1.54) is 6.07 Å². The van der Waals surface area contributed by atoms with E-state index < -0.39 is 4.92 Å². The smallest absolute Gasteiger partial charge is 0.317 e. The summed E-state index contributed by atoms with van der Waals surface area (Å²) in [5.74, 6) is 0. The fourth-order valence-corrected chi connectivity index (χ4v) is 2.83. The van der Waals surface area contributed by atoms with Crippen LogP contribution in [0.5, 0.6) is 0 Å². The van der Waals surface area contributed by atoms with Gasteiger partial charge in [0.05, 0.1) is 11.0 Å². The minimum absolute atomic E-state index is 0.0530. The second-order valence-corrected chi connectivity index (χ2v) is 4.95. The lowest BCUT2D eigenvalue weighted by Gasteiger charge is -2.37. The SMILES string of the molecule is Nc1cccc(N2CCN3C(=O)NCC3C2)c1[N+](=O)[O-]. The van der Waals surface area contributed by atoms with Gasteiger partial charge in [-0.05, 0) is 12.1 Å². The second kappa shape index (κ2) is 4.55. The molecule has 2 aliphatic heterocycles. The lowest BCUT2D eigenvalue weighted by Crippen LogP contribution is -2.52. The van der Waals surface area contributed by atoms with Crippen LogP contribution in [0.25, 0.3) is 0 Å². The van der Waals surface area contributed by atoms with Crippen molar-refractivity contribution in [2.45, 2.75) is 6.04 Å². The number of benzene rings is 1. The number of nitrogen functional groups attached to an aromatic ring is 1. The Hall–Kier alpha value is -2.51. The molecule has 2 heterocycles. The zero-order valence-corrected chi connectivity index (χ0v) is 10.8. The number of carbonyl (C=O) groups excluding carboxylic acids is 1. The number of para-hydroxylation sites is 1. The molecule has 3 rings (SSSR count). The molecule has 2 amide bonds. The number of fused-ring (bicyclic) bond motifs is 1. The molecule has 3 N–H and O–H groups in total. The van der Waals surface area contributed by atoms with E-state index in [0.717, 1.165) is 0 Å². The highest BCUT2D eigenvalue weighted by Crippen LogP contribution is 2.34. The topological polar surface area (TPSA) is 105 Å². The maximum Gasteiger partial charge on any atom is 0.317 e. The Bertz CT molecular complexity index is 576. The summed E-state index contributed by atoms with van der Waals surface area (Å²) in [4.78, 5) is 26.0. The third kappa shape index (κ3) is 1.89. The number of hydrogen-bond acceptors (Lipinski definition) is 5. The molecule has 0 bridgehead atoms. The van der Waals surface area contributed by atoms with Gasteiger partial charge in [-0.15, -0.1) is 0 Å². The second-order valence-electron chi connectivity index (χ2n) is 4.95. The van der Waals surface area contributed by atoms with Crippen molar-refractivity contribution in [1.82, 2.24) is 10.2 Å². The van der Waals surface area contributed by atoms with Crippen LogP contribution < -0.4 is 16.0 Å². The number of amides is 2. The van der Waals surface area contributed by atoms with Gasteiger partial charge in [-0.1, -0.05) is 6.07 Å². The molecule has 1 aromatic rings. The summed E-state index contributed by atoms with van der Waals surface area (Å²) >= 11 is 0. The van der Waals surface area contributed by atoms with Gasteiger partial charge < -0.3 is 20.9 Å². The summed E-state index contributed by atoms with van der Waals surface area (Å²) in [6.07, 6.45) is 0. The fraction of sp³-hybridized carbons (Fsp3) is 0.417. The Morgan fingerprint density at radius 3 is 2.95 bits per heavy atom. The number of nitrogens with zero attached hydrogens (tertiary/aromatic N) is 3. The van der Waals surface area contributed by atoms with Crippen LogP contribution in [0.4, 0.5) is 21.9 Å². The highest BCUT2D eigenvalue weighted by Gasteiger charge is 2.37. The average Bonchev–Trinajstić information content (AvgIpc) is 2.79. The minimum atomic E-state index is -0.449. The summed E-state index contributed by atoms with van der Waals surface area (Å²) in [5.41, 5.74) is 6.34. The summed E-state index contributed by atoms with van der Waals surface area (Å²) in [7, 11) is 0. The van der Waals surface area contributed by atoms with E-state index in [1.807, 2.05) is 4.90 Å². The zero-order valence-electron chi connectivity index (χ0n) is 10.8. The van der Waals surface area contributed by atoms with Crippen LogP contribution in [-0.4, -0.2) is 48.1 Å². The molecule has 0 radical (unpaired) electrons. The van der Waals surface area contributed by atoms with Crippen LogP contribution in [0.15, 0.2) is 18.2 Å². The van der Waals surface area contributed by atoms with Gasteiger partial charge in [-0.2, -0.15) is 0 Å². The van der Waals surface area contributed by atoms with Gasteiger partial charge in [0.2, 0.25) is 0 Å². The first-order valence-corrected chi connectivity index (χ1v) is 6.40. The Labute approximate surface area is 115 Å². The number of carbonyl (C=O) groups is 1. The van der Waals surface area contributed by atoms with Crippen molar-refractivity contribution in [2.75, 3.05) is 36.8 Å². The molecule has 20 heavy (non-hydrogen) atoms. The number of nitrogens with two attached hydrogens (primary N) is 1. The molecule has 0 aliphatic carbocycles. The normalized spacial score (nSPS) is 21.6. The number of urea groups is 1. The van der Waals surface area contributed by atoms with Crippen LogP contribution in [0.3, 0.4) is 0 Å². The number of nitro groups is 1. The minimum Gasteiger partial charge on any atom is -0.393 e. The van der Waals surface area contributed by atoms with Crippen molar-refractivity contribution < 1.29 is 9.72 Å². The van der Waals surface area contributed by atoms with Gasteiger partial charge in [0.1, 0.15) is 11.4 Å². The third-order valence-corrected chi connectivity index (χ3v) is 3.80. The lowest BCUT2D eigenvalue weighted by atomic mass is 10.1. The molecular weight excluding hydrogens is 262 g/mol. The number of nitrogens with one attached hydrogen (secondary N) is 1. The van der Waals surface area contributed by atoms with Crippen LogP contribution in [0, 0.1) is 10.1 Å².